The van der Waals surface area contributed by atoms with Crippen molar-refractivity contribution in [2.24, 2.45) is 5.10 Å². The number of benzene rings is 3. The molecular weight excluding hydrogens is 531 g/mol. The Balaban J connectivity index is 1.54. The molecule has 0 aromatic heterocycles. The van der Waals surface area contributed by atoms with Crippen LogP contribution >= 0.6 is 34.8 Å². The van der Waals surface area contributed by atoms with Crippen molar-refractivity contribution in [3.05, 3.63) is 81.3 Å². The van der Waals surface area contributed by atoms with Gasteiger partial charge in [-0.25, -0.2) is 5.43 Å². The van der Waals surface area contributed by atoms with Gasteiger partial charge in [-0.15, -0.1) is 0 Å². The highest BCUT2D eigenvalue weighted by atomic mass is 35.5. The molecule has 0 fully saturated rings. The molecule has 3 aromatic carbocycles. The van der Waals surface area contributed by atoms with E-state index in [1.165, 1.54) is 19.4 Å². The van der Waals surface area contributed by atoms with E-state index >= 15 is 0 Å². The molecule has 0 aliphatic rings. The molecule has 0 bridgehead atoms. The van der Waals surface area contributed by atoms with E-state index in [1.54, 1.807) is 54.6 Å². The molecule has 0 radical (unpaired) electrons. The molecule has 0 saturated heterocycles. The van der Waals surface area contributed by atoms with Gasteiger partial charge in [-0.2, -0.15) is 5.10 Å². The highest BCUT2D eigenvalue weighted by Crippen LogP contribution is 2.30. The summed E-state index contributed by atoms with van der Waals surface area (Å²) in [6.07, 6.45) is 1.31. The van der Waals surface area contributed by atoms with Gasteiger partial charge in [0.1, 0.15) is 0 Å². The first-order chi connectivity index (χ1) is 17.3. The minimum Gasteiger partial charge on any atom is -0.493 e. The number of halogens is 3. The first-order valence-corrected chi connectivity index (χ1v) is 11.3. The Bertz CT molecular complexity index is 1320. The van der Waals surface area contributed by atoms with Gasteiger partial charge in [0.05, 0.1) is 29.1 Å². The van der Waals surface area contributed by atoms with E-state index in [9.17, 15) is 14.4 Å². The molecule has 0 spiro atoms. The zero-order chi connectivity index (χ0) is 26.1. The zero-order valence-corrected chi connectivity index (χ0v) is 20.9. The van der Waals surface area contributed by atoms with Gasteiger partial charge in [0.2, 0.25) is 0 Å². The van der Waals surface area contributed by atoms with E-state index in [0.717, 1.165) is 0 Å². The first-order valence-electron chi connectivity index (χ1n) is 10.2. The maximum Gasteiger partial charge on any atom is 0.329 e. The maximum atomic E-state index is 12.2. The van der Waals surface area contributed by atoms with Crippen molar-refractivity contribution in [2.75, 3.05) is 24.4 Å². The Morgan fingerprint density at radius 3 is 2.44 bits per heavy atom. The minimum absolute atomic E-state index is 0.225. The quantitative estimate of drug-likeness (QED) is 0.213. The number of methoxy groups -OCH3 is 1. The highest BCUT2D eigenvalue weighted by molar-refractivity contribution is 6.44. The third kappa shape index (κ3) is 7.61. The average Bonchev–Trinajstić information content (AvgIpc) is 2.85. The largest absolute Gasteiger partial charge is 0.493 e. The number of hydrogen-bond acceptors (Lipinski definition) is 6. The second-order valence-electron chi connectivity index (χ2n) is 7.01. The topological polar surface area (TPSA) is 118 Å². The highest BCUT2D eigenvalue weighted by Gasteiger charge is 2.14. The number of ether oxygens (including phenoxy) is 2. The SMILES string of the molecule is COc1cc(/C=N\NC(=O)C(=O)Nc2cccc(Cl)c2)ccc1OCC(=O)Nc1cccc(Cl)c1Cl. The van der Waals surface area contributed by atoms with Crippen molar-refractivity contribution >= 4 is 70.1 Å². The maximum absolute atomic E-state index is 12.2. The molecule has 3 amide bonds. The van der Waals surface area contributed by atoms with Gasteiger partial charge in [0.25, 0.3) is 5.91 Å². The summed E-state index contributed by atoms with van der Waals surface area (Å²) in [6.45, 7) is -0.315. The number of anilines is 2. The second-order valence-corrected chi connectivity index (χ2v) is 8.23. The summed E-state index contributed by atoms with van der Waals surface area (Å²) >= 11 is 17.9. The zero-order valence-electron chi connectivity index (χ0n) is 18.7. The number of amides is 3. The molecule has 0 saturated carbocycles. The van der Waals surface area contributed by atoms with E-state index < -0.39 is 17.7 Å². The normalized spacial score (nSPS) is 10.6. The van der Waals surface area contributed by atoms with Crippen LogP contribution < -0.4 is 25.5 Å². The molecule has 3 aromatic rings. The lowest BCUT2D eigenvalue weighted by Crippen LogP contribution is -2.32. The lowest BCUT2D eigenvalue weighted by atomic mass is 10.2. The fourth-order valence-corrected chi connectivity index (χ4v) is 3.32. The molecular formula is C24H19Cl3N4O5. The molecule has 0 aliphatic carbocycles. The predicted octanol–water partition coefficient (Wildman–Crippen LogP) is 4.76. The smallest absolute Gasteiger partial charge is 0.329 e. The van der Waals surface area contributed by atoms with Gasteiger partial charge >= 0.3 is 11.8 Å². The molecule has 0 aliphatic heterocycles. The van der Waals surface area contributed by atoms with Crippen molar-refractivity contribution in [3.8, 4) is 11.5 Å². The molecule has 0 unspecified atom stereocenters. The molecule has 12 heteroatoms. The summed E-state index contributed by atoms with van der Waals surface area (Å²) in [5.41, 5.74) is 3.39. The van der Waals surface area contributed by atoms with Crippen molar-refractivity contribution in [2.45, 2.75) is 0 Å². The fourth-order valence-electron chi connectivity index (χ4n) is 2.78. The van der Waals surface area contributed by atoms with Crippen LogP contribution in [-0.2, 0) is 14.4 Å². The van der Waals surface area contributed by atoms with Gasteiger partial charge in [0.15, 0.2) is 18.1 Å². The average molecular weight is 550 g/mol. The van der Waals surface area contributed by atoms with Crippen LogP contribution in [-0.4, -0.2) is 37.7 Å². The molecule has 36 heavy (non-hydrogen) atoms. The van der Waals surface area contributed by atoms with E-state index in [0.29, 0.717) is 38.5 Å². The van der Waals surface area contributed by atoms with E-state index in [-0.39, 0.29) is 11.6 Å². The van der Waals surface area contributed by atoms with Crippen LogP contribution in [0.1, 0.15) is 5.56 Å². The van der Waals surface area contributed by atoms with Crippen molar-refractivity contribution in [1.29, 1.82) is 0 Å². The third-order valence-corrected chi connectivity index (χ3v) is 5.49. The minimum atomic E-state index is -0.969. The van der Waals surface area contributed by atoms with Crippen LogP contribution in [0.25, 0.3) is 0 Å². The Kier molecular flexibility index (Phi) is 9.52. The summed E-state index contributed by atoms with van der Waals surface area (Å²) in [7, 11) is 1.43. The van der Waals surface area contributed by atoms with Gasteiger partial charge in [0, 0.05) is 10.7 Å². The summed E-state index contributed by atoms with van der Waals surface area (Å²) in [5.74, 6) is -1.72. The van der Waals surface area contributed by atoms with Crippen LogP contribution in [0.2, 0.25) is 15.1 Å². The Hall–Kier alpha value is -3.79. The van der Waals surface area contributed by atoms with Crippen molar-refractivity contribution in [1.82, 2.24) is 5.43 Å². The summed E-state index contributed by atoms with van der Waals surface area (Å²) in [6, 6.07) is 16.0. The molecule has 186 valence electrons. The number of nitrogens with one attached hydrogen (secondary N) is 3. The third-order valence-electron chi connectivity index (χ3n) is 4.44. The van der Waals surface area contributed by atoms with E-state index in [2.05, 4.69) is 21.2 Å². The Morgan fingerprint density at radius 1 is 0.917 bits per heavy atom. The van der Waals surface area contributed by atoms with Gasteiger partial charge in [-0.05, 0) is 54.1 Å². The number of hydrogen-bond donors (Lipinski definition) is 3. The Morgan fingerprint density at radius 2 is 1.69 bits per heavy atom. The van der Waals surface area contributed by atoms with Crippen molar-refractivity contribution in [3.63, 3.8) is 0 Å². The molecule has 0 heterocycles. The number of carbonyl (C=O) groups excluding carboxylic acids is 3. The van der Waals surface area contributed by atoms with Crippen LogP contribution in [0.15, 0.2) is 65.8 Å². The van der Waals surface area contributed by atoms with Crippen LogP contribution in [0.5, 0.6) is 11.5 Å². The molecule has 3 rings (SSSR count). The Labute approximate surface area is 221 Å². The van der Waals surface area contributed by atoms with Gasteiger partial charge in [-0.3, -0.25) is 14.4 Å². The van der Waals surface area contributed by atoms with Crippen LogP contribution in [0.3, 0.4) is 0 Å². The lowest BCUT2D eigenvalue weighted by Gasteiger charge is -2.12. The fraction of sp³-hybridized carbons (Fsp3) is 0.0833. The molecule has 0 atom stereocenters. The molecule has 3 N–H and O–H groups in total. The summed E-state index contributed by atoms with van der Waals surface area (Å²) in [5, 5.41) is 9.74. The van der Waals surface area contributed by atoms with Crippen LogP contribution in [0.4, 0.5) is 11.4 Å². The summed E-state index contributed by atoms with van der Waals surface area (Å²) in [4.78, 5) is 36.1. The first kappa shape index (κ1) is 26.8. The molecule has 9 nitrogen and oxygen atoms in total. The number of hydrazone groups is 1. The van der Waals surface area contributed by atoms with Gasteiger partial charge < -0.3 is 20.1 Å². The lowest BCUT2D eigenvalue weighted by molar-refractivity contribution is -0.136. The van der Waals surface area contributed by atoms with Gasteiger partial charge in [-0.1, -0.05) is 46.9 Å². The monoisotopic (exact) mass is 548 g/mol. The van der Waals surface area contributed by atoms with Crippen molar-refractivity contribution < 1.29 is 23.9 Å². The summed E-state index contributed by atoms with van der Waals surface area (Å²) < 4.78 is 10.8. The number of carbonyl (C=O) groups is 3. The standard InChI is InChI=1S/C24H19Cl3N4O5/c1-35-20-10-14(12-28-31-24(34)23(33)29-16-5-2-4-15(25)11-16)8-9-19(20)36-13-21(32)30-18-7-3-6-17(26)22(18)27/h2-12H,13H2,1H3,(H,29,33)(H,30,32)(H,31,34)/b28-12-. The second kappa shape index (κ2) is 12.8. The number of nitrogens with zero attached hydrogens (tertiary/aromatic N) is 1. The van der Waals surface area contributed by atoms with E-state index in [1.807, 2.05) is 0 Å². The van der Waals surface area contributed by atoms with E-state index in [4.69, 9.17) is 44.3 Å². The predicted molar refractivity (Wildman–Crippen MR) is 139 cm³/mol. The van der Waals surface area contributed by atoms with Crippen LogP contribution in [0, 0.1) is 0 Å². The number of rotatable bonds is 8.